The average molecular weight is 368 g/mol. The van der Waals surface area contributed by atoms with E-state index in [0.717, 1.165) is 23.3 Å². The summed E-state index contributed by atoms with van der Waals surface area (Å²) in [4.78, 5) is 24.0. The van der Waals surface area contributed by atoms with Gasteiger partial charge >= 0.3 is 11.8 Å². The minimum Gasteiger partial charge on any atom is -0.497 e. The number of ether oxygens (including phenoxy) is 1. The molecule has 0 bridgehead atoms. The maximum atomic E-state index is 12.0. The van der Waals surface area contributed by atoms with Crippen LogP contribution in [-0.4, -0.2) is 36.2 Å². The molecule has 0 saturated heterocycles. The van der Waals surface area contributed by atoms with Gasteiger partial charge in [0.15, 0.2) is 0 Å². The third-order valence-electron chi connectivity index (χ3n) is 4.89. The summed E-state index contributed by atoms with van der Waals surface area (Å²) in [5.74, 6) is -0.730. The van der Waals surface area contributed by atoms with Crippen molar-refractivity contribution in [1.82, 2.24) is 10.6 Å². The number of aliphatic hydroxyl groups is 1. The van der Waals surface area contributed by atoms with Crippen molar-refractivity contribution in [1.29, 1.82) is 0 Å². The van der Waals surface area contributed by atoms with E-state index in [0.29, 0.717) is 12.8 Å². The highest BCUT2D eigenvalue weighted by atomic mass is 16.5. The van der Waals surface area contributed by atoms with E-state index >= 15 is 0 Å². The van der Waals surface area contributed by atoms with E-state index in [1.165, 1.54) is 5.56 Å². The molecule has 6 nitrogen and oxygen atoms in total. The van der Waals surface area contributed by atoms with Gasteiger partial charge in [-0.25, -0.2) is 0 Å². The molecule has 1 aliphatic rings. The number of nitrogens with one attached hydrogen (secondary N) is 2. The largest absolute Gasteiger partial charge is 0.497 e. The summed E-state index contributed by atoms with van der Waals surface area (Å²) < 4.78 is 5.08. The summed E-state index contributed by atoms with van der Waals surface area (Å²) in [5.41, 5.74) is 2.15. The van der Waals surface area contributed by atoms with Crippen LogP contribution in [0.2, 0.25) is 0 Å². The Balaban J connectivity index is 1.47. The number of amides is 2. The van der Waals surface area contributed by atoms with Gasteiger partial charge in [-0.05, 0) is 41.7 Å². The fourth-order valence-corrected chi connectivity index (χ4v) is 3.27. The van der Waals surface area contributed by atoms with E-state index in [-0.39, 0.29) is 13.1 Å². The van der Waals surface area contributed by atoms with Crippen molar-refractivity contribution in [3.05, 3.63) is 65.2 Å². The van der Waals surface area contributed by atoms with Gasteiger partial charge in [0.2, 0.25) is 0 Å². The number of carbonyl (C=O) groups excluding carboxylic acids is 2. The minimum atomic E-state index is -1.03. The van der Waals surface area contributed by atoms with Gasteiger partial charge < -0.3 is 20.5 Å². The lowest BCUT2D eigenvalue weighted by molar-refractivity contribution is -0.140. The summed E-state index contributed by atoms with van der Waals surface area (Å²) in [7, 11) is 1.58. The van der Waals surface area contributed by atoms with Crippen LogP contribution in [0.3, 0.4) is 0 Å². The molecule has 2 amide bonds. The van der Waals surface area contributed by atoms with Gasteiger partial charge in [0.05, 0.1) is 12.7 Å². The highest BCUT2D eigenvalue weighted by Gasteiger charge is 2.32. The Labute approximate surface area is 158 Å². The van der Waals surface area contributed by atoms with Crippen molar-refractivity contribution < 1.29 is 19.4 Å². The fourth-order valence-electron chi connectivity index (χ4n) is 3.27. The third kappa shape index (κ3) is 4.86. The third-order valence-corrected chi connectivity index (χ3v) is 4.89. The Bertz CT molecular complexity index is 819. The van der Waals surface area contributed by atoms with Crippen LogP contribution >= 0.6 is 0 Å². The first-order chi connectivity index (χ1) is 13.0. The topological polar surface area (TPSA) is 87.7 Å². The molecule has 0 spiro atoms. The molecular weight excluding hydrogens is 344 g/mol. The predicted octanol–water partition coefficient (Wildman–Crippen LogP) is 1.35. The molecule has 0 aliphatic heterocycles. The molecule has 3 rings (SSSR count). The zero-order valence-corrected chi connectivity index (χ0v) is 15.3. The number of benzene rings is 2. The first kappa shape index (κ1) is 18.9. The normalized spacial score (nSPS) is 18.3. The van der Waals surface area contributed by atoms with Crippen molar-refractivity contribution in [2.45, 2.75) is 31.4 Å². The summed E-state index contributed by atoms with van der Waals surface area (Å²) in [6.45, 7) is 0.296. The zero-order chi connectivity index (χ0) is 19.3. The summed E-state index contributed by atoms with van der Waals surface area (Å²) >= 11 is 0. The van der Waals surface area contributed by atoms with Crippen LogP contribution in [0, 0.1) is 0 Å². The molecule has 1 unspecified atom stereocenters. The van der Waals surface area contributed by atoms with Crippen molar-refractivity contribution >= 4 is 11.8 Å². The lowest BCUT2D eigenvalue weighted by Gasteiger charge is -2.33. The van der Waals surface area contributed by atoms with Crippen molar-refractivity contribution in [3.63, 3.8) is 0 Å². The Hall–Kier alpha value is -2.86. The molecule has 0 aromatic heterocycles. The molecule has 0 fully saturated rings. The van der Waals surface area contributed by atoms with Gasteiger partial charge in [-0.2, -0.15) is 0 Å². The number of rotatable bonds is 5. The number of carbonyl (C=O) groups is 2. The van der Waals surface area contributed by atoms with Crippen LogP contribution in [0.5, 0.6) is 5.75 Å². The molecule has 2 aromatic rings. The number of hydrogen-bond donors (Lipinski definition) is 3. The molecule has 1 atom stereocenters. The lowest BCUT2D eigenvalue weighted by Crippen LogP contribution is -2.50. The smallest absolute Gasteiger partial charge is 0.309 e. The quantitative estimate of drug-likeness (QED) is 0.695. The first-order valence-corrected chi connectivity index (χ1v) is 8.97. The van der Waals surface area contributed by atoms with Gasteiger partial charge in [0.25, 0.3) is 0 Å². The standard InChI is InChI=1S/C21H24N2O4/c1-27-18-8-6-15(7-9-18)13-22-19(24)20(25)23-14-21(26)11-10-16-4-2-3-5-17(16)12-21/h2-9,26H,10-14H2,1H3,(H,22,24)(H,23,25). The van der Waals surface area contributed by atoms with Crippen LogP contribution in [-0.2, 0) is 29.0 Å². The summed E-state index contributed by atoms with van der Waals surface area (Å²) in [5, 5.41) is 15.9. The zero-order valence-electron chi connectivity index (χ0n) is 15.3. The maximum Gasteiger partial charge on any atom is 0.309 e. The van der Waals surface area contributed by atoms with E-state index in [1.807, 2.05) is 30.3 Å². The van der Waals surface area contributed by atoms with Crippen molar-refractivity contribution in [2.75, 3.05) is 13.7 Å². The molecule has 0 radical (unpaired) electrons. The van der Waals surface area contributed by atoms with E-state index < -0.39 is 17.4 Å². The Morgan fingerprint density at radius 3 is 2.41 bits per heavy atom. The van der Waals surface area contributed by atoms with Gasteiger partial charge in [-0.1, -0.05) is 36.4 Å². The molecule has 2 aromatic carbocycles. The van der Waals surface area contributed by atoms with Crippen molar-refractivity contribution in [2.24, 2.45) is 0 Å². The molecule has 0 heterocycles. The van der Waals surface area contributed by atoms with E-state index in [4.69, 9.17) is 4.74 Å². The van der Waals surface area contributed by atoms with Crippen LogP contribution < -0.4 is 15.4 Å². The molecule has 27 heavy (non-hydrogen) atoms. The molecule has 142 valence electrons. The number of aryl methyl sites for hydroxylation is 1. The monoisotopic (exact) mass is 368 g/mol. The van der Waals surface area contributed by atoms with Crippen LogP contribution in [0.25, 0.3) is 0 Å². The summed E-state index contributed by atoms with van der Waals surface area (Å²) in [6, 6.07) is 15.2. The maximum absolute atomic E-state index is 12.0. The number of methoxy groups -OCH3 is 1. The summed E-state index contributed by atoms with van der Waals surface area (Å²) in [6.07, 6.45) is 1.78. The Morgan fingerprint density at radius 2 is 1.70 bits per heavy atom. The van der Waals surface area contributed by atoms with E-state index in [9.17, 15) is 14.7 Å². The fraction of sp³-hybridized carbons (Fsp3) is 0.333. The molecule has 1 aliphatic carbocycles. The highest BCUT2D eigenvalue weighted by molar-refractivity contribution is 6.35. The Kier molecular flexibility index (Phi) is 5.76. The SMILES string of the molecule is COc1ccc(CNC(=O)C(=O)NCC2(O)CCc3ccccc3C2)cc1. The van der Waals surface area contributed by atoms with E-state index in [1.54, 1.807) is 19.2 Å². The number of fused-ring (bicyclic) bond motifs is 1. The van der Waals surface area contributed by atoms with Gasteiger partial charge in [0.1, 0.15) is 5.75 Å². The number of hydrogen-bond acceptors (Lipinski definition) is 4. The van der Waals surface area contributed by atoms with Gasteiger partial charge in [0, 0.05) is 19.5 Å². The van der Waals surface area contributed by atoms with Crippen molar-refractivity contribution in [3.8, 4) is 5.75 Å². The van der Waals surface area contributed by atoms with Crippen LogP contribution in [0.15, 0.2) is 48.5 Å². The predicted molar refractivity (Wildman–Crippen MR) is 101 cm³/mol. The van der Waals surface area contributed by atoms with Crippen LogP contribution in [0.1, 0.15) is 23.1 Å². The first-order valence-electron chi connectivity index (χ1n) is 8.97. The molecule has 0 saturated carbocycles. The lowest BCUT2D eigenvalue weighted by atomic mass is 9.80. The highest BCUT2D eigenvalue weighted by Crippen LogP contribution is 2.28. The van der Waals surface area contributed by atoms with E-state index in [2.05, 4.69) is 16.7 Å². The average Bonchev–Trinajstić information content (AvgIpc) is 2.70. The Morgan fingerprint density at radius 1 is 1.04 bits per heavy atom. The van der Waals surface area contributed by atoms with Gasteiger partial charge in [-0.15, -0.1) is 0 Å². The second kappa shape index (κ2) is 8.22. The minimum absolute atomic E-state index is 0.0517. The second-order valence-electron chi connectivity index (χ2n) is 6.88. The van der Waals surface area contributed by atoms with Gasteiger partial charge in [-0.3, -0.25) is 9.59 Å². The molecule has 6 heteroatoms. The molecular formula is C21H24N2O4. The second-order valence-corrected chi connectivity index (χ2v) is 6.88. The molecule has 3 N–H and O–H groups in total. The van der Waals surface area contributed by atoms with Crippen LogP contribution in [0.4, 0.5) is 0 Å².